The summed E-state index contributed by atoms with van der Waals surface area (Å²) in [4.78, 5) is 24.3. The highest BCUT2D eigenvalue weighted by Gasteiger charge is 2.30. The Morgan fingerprint density at radius 1 is 1.00 bits per heavy atom. The van der Waals surface area contributed by atoms with Gasteiger partial charge in [0.05, 0.1) is 21.8 Å². The van der Waals surface area contributed by atoms with Crippen molar-refractivity contribution >= 4 is 63.5 Å². The zero-order chi connectivity index (χ0) is 12.9. The van der Waals surface area contributed by atoms with Crippen LogP contribution in [-0.4, -0.2) is 20.6 Å². The Morgan fingerprint density at radius 2 is 1.61 bits per heavy atom. The number of benzene rings is 1. The van der Waals surface area contributed by atoms with Crippen molar-refractivity contribution in [2.75, 3.05) is 4.90 Å². The molecule has 1 aromatic heterocycles. The first kappa shape index (κ1) is 11.6. The molecule has 1 aliphatic heterocycles. The third kappa shape index (κ3) is 1.53. The van der Waals surface area contributed by atoms with Crippen molar-refractivity contribution in [2.24, 2.45) is 0 Å². The fourth-order valence-electron chi connectivity index (χ4n) is 1.70. The van der Waals surface area contributed by atoms with Crippen LogP contribution in [0.1, 0.15) is 0 Å². The van der Waals surface area contributed by atoms with Crippen molar-refractivity contribution in [3.05, 3.63) is 28.3 Å². The van der Waals surface area contributed by atoms with Crippen molar-refractivity contribution in [1.29, 1.82) is 0 Å². The van der Waals surface area contributed by atoms with Gasteiger partial charge >= 0.3 is 0 Å². The largest absolute Gasteiger partial charge is 0.269 e. The normalized spacial score (nSPS) is 15.1. The number of halogens is 2. The molecule has 18 heavy (non-hydrogen) atoms. The molecule has 2 aromatic rings. The maximum absolute atomic E-state index is 11.7. The molecule has 1 aliphatic rings. The summed E-state index contributed by atoms with van der Waals surface area (Å²) in [5.41, 5.74) is 1.00. The van der Waals surface area contributed by atoms with E-state index in [0.717, 1.165) is 16.6 Å². The number of carbonyl (C=O) groups is 2. The number of rotatable bonds is 1. The van der Waals surface area contributed by atoms with Crippen LogP contribution in [0.4, 0.5) is 5.69 Å². The average Bonchev–Trinajstić information content (AvgIpc) is 2.90. The number of imide groups is 1. The first-order valence-corrected chi connectivity index (χ1v) is 6.24. The van der Waals surface area contributed by atoms with Gasteiger partial charge in [0.1, 0.15) is 16.7 Å². The van der Waals surface area contributed by atoms with E-state index < -0.39 is 11.8 Å². The second-order valence-electron chi connectivity index (χ2n) is 3.50. The highest BCUT2D eigenvalue weighted by Crippen LogP contribution is 2.38. The van der Waals surface area contributed by atoms with Gasteiger partial charge in [-0.2, -0.15) is 8.75 Å². The van der Waals surface area contributed by atoms with Gasteiger partial charge in [0.2, 0.25) is 0 Å². The Labute approximate surface area is 115 Å². The van der Waals surface area contributed by atoms with Crippen LogP contribution in [0.25, 0.3) is 11.0 Å². The summed E-state index contributed by atoms with van der Waals surface area (Å²) in [6.45, 7) is 0. The van der Waals surface area contributed by atoms with Crippen LogP contribution >= 0.6 is 34.9 Å². The third-order valence-electron chi connectivity index (χ3n) is 2.45. The Morgan fingerprint density at radius 3 is 2.28 bits per heavy atom. The smallest absolute Gasteiger partial charge is 0.258 e. The minimum Gasteiger partial charge on any atom is -0.269 e. The fourth-order valence-corrected chi connectivity index (χ4v) is 2.89. The van der Waals surface area contributed by atoms with Crippen molar-refractivity contribution in [2.45, 2.75) is 0 Å². The standard InChI is InChI=1S/C10H3Cl2N3O2S/c11-4-3-5(12)10(9-8(4)13-18-14-9)15-6(16)1-2-7(15)17/h1-3H. The van der Waals surface area contributed by atoms with E-state index in [1.807, 2.05) is 0 Å². The summed E-state index contributed by atoms with van der Waals surface area (Å²) >= 11 is 13.0. The topological polar surface area (TPSA) is 63.2 Å². The number of carbonyl (C=O) groups excluding carboxylic acids is 2. The van der Waals surface area contributed by atoms with E-state index in [4.69, 9.17) is 23.2 Å². The van der Waals surface area contributed by atoms with Crippen LogP contribution in [0.2, 0.25) is 10.0 Å². The van der Waals surface area contributed by atoms with Crippen LogP contribution < -0.4 is 4.90 Å². The zero-order valence-electron chi connectivity index (χ0n) is 8.55. The second-order valence-corrected chi connectivity index (χ2v) is 4.84. The van der Waals surface area contributed by atoms with Gasteiger partial charge in [-0.05, 0) is 6.07 Å². The van der Waals surface area contributed by atoms with E-state index in [0.29, 0.717) is 16.1 Å². The molecule has 3 rings (SSSR count). The molecule has 0 bridgehead atoms. The third-order valence-corrected chi connectivity index (χ3v) is 3.56. The summed E-state index contributed by atoms with van der Waals surface area (Å²) in [6.07, 6.45) is 2.36. The molecule has 0 spiro atoms. The lowest BCUT2D eigenvalue weighted by Crippen LogP contribution is -2.30. The molecule has 8 heteroatoms. The van der Waals surface area contributed by atoms with E-state index in [-0.39, 0.29) is 10.7 Å². The van der Waals surface area contributed by atoms with Crippen molar-refractivity contribution in [1.82, 2.24) is 8.75 Å². The number of fused-ring (bicyclic) bond motifs is 1. The molecule has 0 aliphatic carbocycles. The molecule has 0 unspecified atom stereocenters. The van der Waals surface area contributed by atoms with E-state index in [9.17, 15) is 9.59 Å². The van der Waals surface area contributed by atoms with Crippen LogP contribution in [0.5, 0.6) is 0 Å². The summed E-state index contributed by atoms with van der Waals surface area (Å²) < 4.78 is 8.05. The average molecular weight is 300 g/mol. The number of aromatic nitrogens is 2. The monoisotopic (exact) mass is 299 g/mol. The molecule has 90 valence electrons. The summed E-state index contributed by atoms with van der Waals surface area (Å²) in [6, 6.07) is 1.45. The molecule has 1 aromatic carbocycles. The number of hydrogen-bond acceptors (Lipinski definition) is 5. The molecular formula is C10H3Cl2N3O2S. The van der Waals surface area contributed by atoms with Crippen molar-refractivity contribution in [3.63, 3.8) is 0 Å². The number of nitrogens with zero attached hydrogens (tertiary/aromatic N) is 3. The van der Waals surface area contributed by atoms with Gasteiger partial charge in [0.15, 0.2) is 0 Å². The van der Waals surface area contributed by atoms with E-state index in [1.54, 1.807) is 0 Å². The van der Waals surface area contributed by atoms with E-state index in [2.05, 4.69) is 8.75 Å². The van der Waals surface area contributed by atoms with Gasteiger partial charge in [-0.1, -0.05) is 23.2 Å². The van der Waals surface area contributed by atoms with Crippen molar-refractivity contribution < 1.29 is 9.59 Å². The highest BCUT2D eigenvalue weighted by atomic mass is 35.5. The molecule has 2 amide bonds. The second kappa shape index (κ2) is 4.01. The van der Waals surface area contributed by atoms with Crippen molar-refractivity contribution in [3.8, 4) is 0 Å². The fraction of sp³-hybridized carbons (Fsp3) is 0. The molecule has 0 N–H and O–H groups in total. The van der Waals surface area contributed by atoms with Gasteiger partial charge in [-0.15, -0.1) is 0 Å². The van der Waals surface area contributed by atoms with E-state index >= 15 is 0 Å². The maximum atomic E-state index is 11.7. The SMILES string of the molecule is O=C1C=CC(=O)N1c1c(Cl)cc(Cl)c2nsnc12. The lowest BCUT2D eigenvalue weighted by molar-refractivity contribution is -0.119. The molecule has 0 saturated heterocycles. The summed E-state index contributed by atoms with van der Waals surface area (Å²) in [7, 11) is 0. The van der Waals surface area contributed by atoms with Gasteiger partial charge < -0.3 is 0 Å². The quantitative estimate of drug-likeness (QED) is 0.759. The minimum atomic E-state index is -0.460. The maximum Gasteiger partial charge on any atom is 0.258 e. The lowest BCUT2D eigenvalue weighted by Gasteiger charge is -2.15. The summed E-state index contributed by atoms with van der Waals surface area (Å²) in [5, 5.41) is 0.519. The predicted octanol–water partition coefficient (Wildman–Crippen LogP) is 2.43. The summed E-state index contributed by atoms with van der Waals surface area (Å²) in [5.74, 6) is -0.919. The van der Waals surface area contributed by atoms with Crippen LogP contribution in [-0.2, 0) is 9.59 Å². The van der Waals surface area contributed by atoms with Gasteiger partial charge in [-0.3, -0.25) is 9.59 Å². The minimum absolute atomic E-state index is 0.186. The Bertz CT molecular complexity index is 707. The zero-order valence-corrected chi connectivity index (χ0v) is 10.9. The molecule has 2 heterocycles. The van der Waals surface area contributed by atoms with Crippen LogP contribution in [0, 0.1) is 0 Å². The first-order valence-electron chi connectivity index (χ1n) is 4.76. The van der Waals surface area contributed by atoms with Gasteiger partial charge in [0, 0.05) is 12.2 Å². The van der Waals surface area contributed by atoms with E-state index in [1.165, 1.54) is 18.2 Å². The molecular weight excluding hydrogens is 297 g/mol. The Balaban J connectivity index is 2.32. The van der Waals surface area contributed by atoms with Crippen LogP contribution in [0.3, 0.4) is 0 Å². The molecule has 0 saturated carbocycles. The number of hydrogen-bond donors (Lipinski definition) is 0. The van der Waals surface area contributed by atoms with Gasteiger partial charge in [-0.25, -0.2) is 4.90 Å². The molecule has 0 fully saturated rings. The predicted molar refractivity (Wildman–Crippen MR) is 69.1 cm³/mol. The molecule has 0 atom stereocenters. The highest BCUT2D eigenvalue weighted by molar-refractivity contribution is 7.00. The Kier molecular flexibility index (Phi) is 2.58. The lowest BCUT2D eigenvalue weighted by atomic mass is 10.2. The first-order chi connectivity index (χ1) is 8.59. The van der Waals surface area contributed by atoms with Gasteiger partial charge in [0.25, 0.3) is 11.8 Å². The molecule has 5 nitrogen and oxygen atoms in total. The van der Waals surface area contributed by atoms with Crippen LogP contribution in [0.15, 0.2) is 18.2 Å². The Hall–Kier alpha value is -1.50. The molecule has 0 radical (unpaired) electrons. The number of anilines is 1. The number of amides is 2.